The number of aromatic nitrogens is 3. The highest BCUT2D eigenvalue weighted by Crippen LogP contribution is 2.29. The molecule has 5 rings (SSSR count). The van der Waals surface area contributed by atoms with Gasteiger partial charge in [-0.25, -0.2) is 22.2 Å². The van der Waals surface area contributed by atoms with Crippen molar-refractivity contribution in [3.63, 3.8) is 0 Å². The Labute approximate surface area is 238 Å². The Morgan fingerprint density at radius 1 is 0.881 bits per heavy atom. The Bertz CT molecular complexity index is 1590. The fourth-order valence-corrected chi connectivity index (χ4v) is 4.53. The lowest BCUT2D eigenvalue weighted by Crippen LogP contribution is -2.39. The van der Waals surface area contributed by atoms with E-state index in [4.69, 9.17) is 4.74 Å². The summed E-state index contributed by atoms with van der Waals surface area (Å²) >= 11 is 0. The van der Waals surface area contributed by atoms with Gasteiger partial charge in [-0.05, 0) is 84.7 Å². The van der Waals surface area contributed by atoms with Gasteiger partial charge >= 0.3 is 0 Å². The fraction of sp³-hybridized carbons (Fsp3) is 0.161. The third kappa shape index (κ3) is 6.98. The smallest absolute Gasteiger partial charge is 0.251 e. The van der Waals surface area contributed by atoms with Gasteiger partial charge < -0.3 is 10.1 Å². The molecule has 0 saturated heterocycles. The number of ketones is 1. The number of benzene rings is 3. The first-order chi connectivity index (χ1) is 20.2. The van der Waals surface area contributed by atoms with Gasteiger partial charge in [0.1, 0.15) is 12.4 Å². The summed E-state index contributed by atoms with van der Waals surface area (Å²) in [5.74, 6) is -4.43. The number of carbonyl (C=O) groups is 2. The summed E-state index contributed by atoms with van der Waals surface area (Å²) in [6.45, 7) is 0.856. The molecule has 0 unspecified atom stereocenters. The van der Waals surface area contributed by atoms with Crippen LogP contribution < -0.4 is 10.1 Å². The molecule has 7 nitrogen and oxygen atoms in total. The zero-order chi connectivity index (χ0) is 29.6. The highest BCUT2D eigenvalue weighted by Gasteiger charge is 2.29. The van der Waals surface area contributed by atoms with Crippen LogP contribution in [0, 0.1) is 23.3 Å². The number of nitrogens with zero attached hydrogens (tertiary/aromatic N) is 3. The average Bonchev–Trinajstić information content (AvgIpc) is 3.49. The van der Waals surface area contributed by atoms with Crippen LogP contribution >= 0.6 is 0 Å². The molecule has 42 heavy (non-hydrogen) atoms. The van der Waals surface area contributed by atoms with E-state index in [-0.39, 0.29) is 35.1 Å². The number of halogens is 4. The normalized spacial score (nSPS) is 17.0. The van der Waals surface area contributed by atoms with Gasteiger partial charge in [-0.3, -0.25) is 9.59 Å². The number of hydrogen-bond acceptors (Lipinski definition) is 5. The van der Waals surface area contributed by atoms with Gasteiger partial charge in [0.15, 0.2) is 29.1 Å². The second kappa shape index (κ2) is 12.6. The third-order valence-corrected chi connectivity index (χ3v) is 6.60. The Balaban J connectivity index is 1.33. The van der Waals surface area contributed by atoms with Crippen molar-refractivity contribution < 1.29 is 31.9 Å². The van der Waals surface area contributed by atoms with Crippen LogP contribution in [0.4, 0.5) is 17.6 Å². The molecule has 0 spiro atoms. The first kappa shape index (κ1) is 28.5. The average molecular weight is 577 g/mol. The van der Waals surface area contributed by atoms with Crippen LogP contribution in [0.15, 0.2) is 84.2 Å². The van der Waals surface area contributed by atoms with Crippen molar-refractivity contribution in [1.82, 2.24) is 20.3 Å². The second-order valence-electron chi connectivity index (χ2n) is 9.63. The van der Waals surface area contributed by atoms with Crippen LogP contribution in [-0.2, 0) is 11.3 Å². The molecule has 0 radical (unpaired) electrons. The van der Waals surface area contributed by atoms with E-state index < -0.39 is 41.0 Å². The molecule has 1 aromatic heterocycles. The fourth-order valence-electron chi connectivity index (χ4n) is 4.53. The SMILES string of the molecule is O=C1/C(=C/c2ccc(F)c(F)c2)CC(NC(=O)c2ccc(OCCn3ccnn3)cc2)C/C1=C\c1ccc(F)c(F)c1. The van der Waals surface area contributed by atoms with E-state index in [1.165, 1.54) is 24.3 Å². The second-order valence-corrected chi connectivity index (χ2v) is 9.63. The minimum Gasteiger partial charge on any atom is -0.492 e. The number of nitrogens with one attached hydrogen (secondary N) is 1. The molecule has 0 aliphatic heterocycles. The predicted molar refractivity (Wildman–Crippen MR) is 146 cm³/mol. The molecule has 214 valence electrons. The minimum absolute atomic E-state index is 0.113. The number of amides is 1. The number of ether oxygens (including phenoxy) is 1. The molecule has 1 aliphatic carbocycles. The van der Waals surface area contributed by atoms with E-state index in [9.17, 15) is 27.2 Å². The number of Topliss-reactive ketones (excluding diaryl/α,β-unsaturated/α-hetero) is 1. The third-order valence-electron chi connectivity index (χ3n) is 6.60. The number of hydrogen-bond donors (Lipinski definition) is 1. The zero-order valence-corrected chi connectivity index (χ0v) is 22.1. The minimum atomic E-state index is -1.07. The van der Waals surface area contributed by atoms with Crippen molar-refractivity contribution >= 4 is 23.8 Å². The lowest BCUT2D eigenvalue weighted by molar-refractivity contribution is -0.113. The van der Waals surface area contributed by atoms with Crippen LogP contribution in [0.5, 0.6) is 5.75 Å². The van der Waals surface area contributed by atoms with Crippen molar-refractivity contribution in [3.05, 3.63) is 124 Å². The Hall–Kier alpha value is -5.06. The lowest BCUT2D eigenvalue weighted by Gasteiger charge is -2.27. The van der Waals surface area contributed by atoms with Crippen molar-refractivity contribution in [2.24, 2.45) is 0 Å². The molecule has 4 aromatic rings. The lowest BCUT2D eigenvalue weighted by atomic mass is 9.83. The Kier molecular flexibility index (Phi) is 8.56. The standard InChI is InChI=1S/C31H24F4N4O3/c32-26-7-1-19(15-28(26)34)13-22-17-24(18-23(30(22)40)14-20-2-8-27(33)29(35)16-20)37-31(41)21-3-5-25(6-4-21)42-12-11-39-10-9-36-38-39/h1-10,13-16,24H,11-12,17-18H2,(H,37,41)/b22-13+,23-14+. The molecule has 1 amide bonds. The summed E-state index contributed by atoms with van der Waals surface area (Å²) in [5.41, 5.74) is 1.35. The molecule has 0 bridgehead atoms. The maximum absolute atomic E-state index is 13.8. The van der Waals surface area contributed by atoms with Crippen molar-refractivity contribution in [3.8, 4) is 5.75 Å². The molecular weight excluding hydrogens is 552 g/mol. The quantitative estimate of drug-likeness (QED) is 0.220. The first-order valence-corrected chi connectivity index (χ1v) is 13.0. The van der Waals surface area contributed by atoms with Crippen LogP contribution in [0.25, 0.3) is 12.2 Å². The Morgan fingerprint density at radius 2 is 1.48 bits per heavy atom. The van der Waals surface area contributed by atoms with E-state index in [0.29, 0.717) is 24.5 Å². The molecule has 11 heteroatoms. The molecular formula is C31H24F4N4O3. The van der Waals surface area contributed by atoms with Gasteiger partial charge in [0.2, 0.25) is 0 Å². The molecule has 0 atom stereocenters. The van der Waals surface area contributed by atoms with E-state index in [0.717, 1.165) is 24.3 Å². The highest BCUT2D eigenvalue weighted by atomic mass is 19.2. The van der Waals surface area contributed by atoms with Gasteiger partial charge in [0.05, 0.1) is 12.7 Å². The largest absolute Gasteiger partial charge is 0.492 e. The van der Waals surface area contributed by atoms with Crippen molar-refractivity contribution in [2.45, 2.75) is 25.4 Å². The summed E-state index contributed by atoms with van der Waals surface area (Å²) in [5, 5.41) is 10.5. The van der Waals surface area contributed by atoms with Crippen LogP contribution in [-0.4, -0.2) is 39.3 Å². The van der Waals surface area contributed by atoms with Gasteiger partial charge in [-0.1, -0.05) is 17.3 Å². The first-order valence-electron chi connectivity index (χ1n) is 13.0. The number of carbonyl (C=O) groups excluding carboxylic acids is 2. The van der Waals surface area contributed by atoms with Crippen molar-refractivity contribution in [1.29, 1.82) is 0 Å². The summed E-state index contributed by atoms with van der Waals surface area (Å²) in [4.78, 5) is 26.4. The van der Waals surface area contributed by atoms with Gasteiger partial charge in [0.25, 0.3) is 5.91 Å². The summed E-state index contributed by atoms with van der Waals surface area (Å²) < 4.78 is 61.8. The van der Waals surface area contributed by atoms with Gasteiger partial charge in [0, 0.05) is 28.9 Å². The zero-order valence-electron chi connectivity index (χ0n) is 22.1. The molecule has 1 aliphatic rings. The molecule has 1 N–H and O–H groups in total. The maximum Gasteiger partial charge on any atom is 0.251 e. The monoisotopic (exact) mass is 576 g/mol. The van der Waals surface area contributed by atoms with Crippen LogP contribution in [0.1, 0.15) is 34.3 Å². The molecule has 1 saturated carbocycles. The van der Waals surface area contributed by atoms with Crippen LogP contribution in [0.2, 0.25) is 0 Å². The molecule has 1 heterocycles. The van der Waals surface area contributed by atoms with E-state index in [1.54, 1.807) is 41.3 Å². The van der Waals surface area contributed by atoms with E-state index in [2.05, 4.69) is 15.6 Å². The summed E-state index contributed by atoms with van der Waals surface area (Å²) in [7, 11) is 0. The van der Waals surface area contributed by atoms with Crippen molar-refractivity contribution in [2.75, 3.05) is 6.61 Å². The van der Waals surface area contributed by atoms with E-state index in [1.807, 2.05) is 0 Å². The summed E-state index contributed by atoms with van der Waals surface area (Å²) in [6, 6.07) is 12.5. The molecule has 3 aromatic carbocycles. The maximum atomic E-state index is 13.8. The van der Waals surface area contributed by atoms with Gasteiger partial charge in [-0.15, -0.1) is 5.10 Å². The van der Waals surface area contributed by atoms with E-state index >= 15 is 0 Å². The van der Waals surface area contributed by atoms with Crippen LogP contribution in [0.3, 0.4) is 0 Å². The Morgan fingerprint density at radius 3 is 2.00 bits per heavy atom. The summed E-state index contributed by atoms with van der Waals surface area (Å²) in [6.07, 6.45) is 6.36. The number of rotatable bonds is 8. The predicted octanol–water partition coefficient (Wildman–Crippen LogP) is 5.54. The highest BCUT2D eigenvalue weighted by molar-refractivity contribution is 6.14. The molecule has 1 fully saturated rings. The van der Waals surface area contributed by atoms with Gasteiger partial charge in [-0.2, -0.15) is 0 Å². The topological polar surface area (TPSA) is 86.1 Å².